The monoisotopic (exact) mass is 298 g/mol. The van der Waals surface area contributed by atoms with E-state index in [1.165, 1.54) is 6.07 Å². The molecule has 1 N–H and O–H groups in total. The van der Waals surface area contributed by atoms with E-state index < -0.39 is 0 Å². The highest BCUT2D eigenvalue weighted by molar-refractivity contribution is 5.93. The molecule has 0 amide bonds. The first-order valence-electron chi connectivity index (χ1n) is 7.41. The number of benzene rings is 2. The lowest BCUT2D eigenvalue weighted by Crippen LogP contribution is -2.08. The molecular weight excluding hydrogens is 280 g/mol. The lowest BCUT2D eigenvalue weighted by Gasteiger charge is -2.12. The van der Waals surface area contributed by atoms with Gasteiger partial charge in [-0.2, -0.15) is 0 Å². The molecule has 0 radical (unpaired) electrons. The minimum atomic E-state index is -0.233. The molecule has 2 aromatic carbocycles. The van der Waals surface area contributed by atoms with Crippen molar-refractivity contribution in [3.63, 3.8) is 0 Å². The van der Waals surface area contributed by atoms with Gasteiger partial charge < -0.3 is 14.3 Å². The predicted octanol–water partition coefficient (Wildman–Crippen LogP) is 4.08. The van der Waals surface area contributed by atoms with Gasteiger partial charge in [-0.3, -0.25) is 4.79 Å². The highest BCUT2D eigenvalue weighted by atomic mass is 16.5. The second kappa shape index (κ2) is 5.72. The van der Waals surface area contributed by atoms with Crippen molar-refractivity contribution in [1.29, 1.82) is 0 Å². The lowest BCUT2D eigenvalue weighted by atomic mass is 10.1. The van der Waals surface area contributed by atoms with Crippen LogP contribution in [0.5, 0.6) is 11.5 Å². The third-order valence-electron chi connectivity index (χ3n) is 3.86. The second-order valence-electron chi connectivity index (χ2n) is 5.57. The summed E-state index contributed by atoms with van der Waals surface area (Å²) in [5.41, 5.74) is 0.601. The van der Waals surface area contributed by atoms with Crippen LogP contribution in [0.3, 0.4) is 0 Å². The molecule has 1 heterocycles. The Morgan fingerprint density at radius 1 is 1.23 bits per heavy atom. The molecule has 0 aliphatic heterocycles. The number of hydrogen-bond donors (Lipinski definition) is 1. The van der Waals surface area contributed by atoms with Gasteiger partial charge in [-0.1, -0.05) is 32.4 Å². The maximum Gasteiger partial charge on any atom is 0.204 e. The van der Waals surface area contributed by atoms with Crippen molar-refractivity contribution in [2.75, 3.05) is 6.61 Å². The lowest BCUT2D eigenvalue weighted by molar-refractivity contribution is 0.256. The fourth-order valence-corrected chi connectivity index (χ4v) is 2.32. The normalized spacial score (nSPS) is 12.6. The summed E-state index contributed by atoms with van der Waals surface area (Å²) in [6, 6.07) is 10.1. The van der Waals surface area contributed by atoms with Gasteiger partial charge in [-0.15, -0.1) is 0 Å². The molecule has 4 heteroatoms. The molecule has 0 fully saturated rings. The summed E-state index contributed by atoms with van der Waals surface area (Å²) in [5.74, 6) is 0.807. The number of rotatable bonds is 4. The van der Waals surface area contributed by atoms with Crippen molar-refractivity contribution in [2.24, 2.45) is 5.92 Å². The van der Waals surface area contributed by atoms with E-state index in [1.54, 1.807) is 30.3 Å². The summed E-state index contributed by atoms with van der Waals surface area (Å²) in [4.78, 5) is 12.5. The van der Waals surface area contributed by atoms with E-state index in [0.29, 0.717) is 34.8 Å². The molecule has 0 saturated heterocycles. The largest absolute Gasteiger partial charge is 0.507 e. The van der Waals surface area contributed by atoms with E-state index in [9.17, 15) is 9.90 Å². The van der Waals surface area contributed by atoms with Gasteiger partial charge in [0.2, 0.25) is 5.43 Å². The van der Waals surface area contributed by atoms with Crippen molar-refractivity contribution in [1.82, 2.24) is 0 Å². The average molecular weight is 298 g/mol. The summed E-state index contributed by atoms with van der Waals surface area (Å²) in [7, 11) is 0. The summed E-state index contributed by atoms with van der Waals surface area (Å²) in [6.45, 7) is 4.74. The first-order chi connectivity index (χ1) is 10.6. The first kappa shape index (κ1) is 14.4. The van der Waals surface area contributed by atoms with E-state index in [4.69, 9.17) is 9.15 Å². The Balaban J connectivity index is 2.13. The number of aromatic hydroxyl groups is 1. The Bertz CT molecular complexity index is 879. The van der Waals surface area contributed by atoms with Crippen molar-refractivity contribution < 1.29 is 14.3 Å². The van der Waals surface area contributed by atoms with E-state index in [1.807, 2.05) is 0 Å². The van der Waals surface area contributed by atoms with Crippen LogP contribution in [0.2, 0.25) is 0 Å². The van der Waals surface area contributed by atoms with Gasteiger partial charge in [0, 0.05) is 12.1 Å². The SMILES string of the molecule is CCC(C)COc1cc(O)c2c(=O)c3ccccc3oc2c1. The van der Waals surface area contributed by atoms with Crippen molar-refractivity contribution in [3.05, 3.63) is 46.6 Å². The van der Waals surface area contributed by atoms with Crippen LogP contribution in [0, 0.1) is 5.92 Å². The molecule has 0 aliphatic carbocycles. The van der Waals surface area contributed by atoms with E-state index in [-0.39, 0.29) is 16.6 Å². The molecule has 1 unspecified atom stereocenters. The maximum atomic E-state index is 12.5. The zero-order valence-electron chi connectivity index (χ0n) is 12.6. The molecule has 0 aliphatic rings. The zero-order valence-corrected chi connectivity index (χ0v) is 12.6. The maximum absolute atomic E-state index is 12.5. The fraction of sp³-hybridized carbons (Fsp3) is 0.278. The fourth-order valence-electron chi connectivity index (χ4n) is 2.32. The molecule has 22 heavy (non-hydrogen) atoms. The Morgan fingerprint density at radius 2 is 2.00 bits per heavy atom. The Hall–Kier alpha value is -2.49. The minimum absolute atomic E-state index is 0.115. The molecule has 1 atom stereocenters. The van der Waals surface area contributed by atoms with Crippen LogP contribution in [0.15, 0.2) is 45.6 Å². The Labute approximate surface area is 127 Å². The summed E-state index contributed by atoms with van der Waals surface area (Å²) in [5, 5.41) is 10.8. The van der Waals surface area contributed by atoms with E-state index >= 15 is 0 Å². The summed E-state index contributed by atoms with van der Waals surface area (Å²) in [6.07, 6.45) is 1.01. The molecule has 114 valence electrons. The van der Waals surface area contributed by atoms with Gasteiger partial charge in [0.25, 0.3) is 0 Å². The van der Waals surface area contributed by atoms with Gasteiger partial charge in [0.1, 0.15) is 28.1 Å². The number of ether oxygens (including phenoxy) is 1. The number of hydrogen-bond acceptors (Lipinski definition) is 4. The molecule has 0 saturated carbocycles. The quantitative estimate of drug-likeness (QED) is 0.737. The highest BCUT2D eigenvalue weighted by Crippen LogP contribution is 2.30. The average Bonchev–Trinajstić information content (AvgIpc) is 2.52. The van der Waals surface area contributed by atoms with Crippen molar-refractivity contribution in [2.45, 2.75) is 20.3 Å². The van der Waals surface area contributed by atoms with E-state index in [0.717, 1.165) is 6.42 Å². The molecule has 3 rings (SSSR count). The van der Waals surface area contributed by atoms with E-state index in [2.05, 4.69) is 13.8 Å². The molecule has 3 aromatic rings. The molecular formula is C18H18O4. The zero-order chi connectivity index (χ0) is 15.7. The number of phenols is 1. The number of fused-ring (bicyclic) bond motifs is 2. The standard InChI is InChI=1S/C18H18O4/c1-3-11(2)10-21-12-8-14(19)17-16(9-12)22-15-7-5-4-6-13(15)18(17)20/h4-9,11,19H,3,10H2,1-2H3. The summed E-state index contributed by atoms with van der Waals surface area (Å²) < 4.78 is 11.4. The third-order valence-corrected chi connectivity index (χ3v) is 3.86. The molecule has 4 nitrogen and oxygen atoms in total. The van der Waals surface area contributed by atoms with Crippen LogP contribution in [0.4, 0.5) is 0 Å². The molecule has 0 bridgehead atoms. The van der Waals surface area contributed by atoms with Crippen LogP contribution in [-0.2, 0) is 0 Å². The van der Waals surface area contributed by atoms with Gasteiger partial charge in [0.05, 0.1) is 12.0 Å². The second-order valence-corrected chi connectivity index (χ2v) is 5.57. The molecule has 1 aromatic heterocycles. The Kier molecular flexibility index (Phi) is 3.75. The number of para-hydroxylation sites is 1. The van der Waals surface area contributed by atoms with Crippen molar-refractivity contribution >= 4 is 21.9 Å². The van der Waals surface area contributed by atoms with Crippen LogP contribution in [-0.4, -0.2) is 11.7 Å². The van der Waals surface area contributed by atoms with Crippen LogP contribution < -0.4 is 10.2 Å². The van der Waals surface area contributed by atoms with Crippen molar-refractivity contribution in [3.8, 4) is 11.5 Å². The van der Waals surface area contributed by atoms with Crippen LogP contribution in [0.25, 0.3) is 21.9 Å². The van der Waals surface area contributed by atoms with Gasteiger partial charge in [-0.25, -0.2) is 0 Å². The smallest absolute Gasteiger partial charge is 0.204 e. The van der Waals surface area contributed by atoms with Crippen LogP contribution >= 0.6 is 0 Å². The molecule has 0 spiro atoms. The van der Waals surface area contributed by atoms with Gasteiger partial charge >= 0.3 is 0 Å². The number of phenolic OH excluding ortho intramolecular Hbond substituents is 1. The topological polar surface area (TPSA) is 59.7 Å². The highest BCUT2D eigenvalue weighted by Gasteiger charge is 2.13. The first-order valence-corrected chi connectivity index (χ1v) is 7.41. The summed E-state index contributed by atoms with van der Waals surface area (Å²) >= 11 is 0. The van der Waals surface area contributed by atoms with Crippen LogP contribution in [0.1, 0.15) is 20.3 Å². The third kappa shape index (κ3) is 2.52. The minimum Gasteiger partial charge on any atom is -0.507 e. The predicted molar refractivity (Wildman–Crippen MR) is 86.6 cm³/mol. The Morgan fingerprint density at radius 3 is 2.77 bits per heavy atom. The van der Waals surface area contributed by atoms with Gasteiger partial charge in [-0.05, 0) is 18.1 Å². The van der Waals surface area contributed by atoms with Gasteiger partial charge in [0.15, 0.2) is 0 Å².